The number of likely N-dealkylation sites (N-methyl/N-ethyl adjacent to an activating group) is 1. The standard InChI is InChI=1S/C33H43N2O/c1-7-13-32(24(3)4)35(8-2)26-18-20-27(21-19-26)36(6)33-23-22-31(28-15-10-11-16-29(28)33)34-30-17-12-9-14-25(30)5/h7,10-11,13,15-16,18-23,25,30,34H,8-9,12,14,17H2,1-6H3/q+1/b13-7-. The Morgan fingerprint density at radius 3 is 2.31 bits per heavy atom. The molecule has 0 aliphatic heterocycles. The predicted molar refractivity (Wildman–Crippen MR) is 158 cm³/mol. The summed E-state index contributed by atoms with van der Waals surface area (Å²) in [5.41, 5.74) is 5.02. The number of anilines is 2. The highest BCUT2D eigenvalue weighted by Gasteiger charge is 2.23. The highest BCUT2D eigenvalue weighted by molar-refractivity contribution is 5.98. The summed E-state index contributed by atoms with van der Waals surface area (Å²) in [5, 5.41) is 6.42. The first-order chi connectivity index (χ1) is 17.4. The number of hydrogen-bond donors (Lipinski definition) is 1. The van der Waals surface area contributed by atoms with Crippen molar-refractivity contribution in [3.63, 3.8) is 0 Å². The molecule has 1 N–H and O–H groups in total. The summed E-state index contributed by atoms with van der Waals surface area (Å²) in [6, 6.07) is 22.6. The molecule has 1 aliphatic carbocycles. The largest absolute Gasteiger partial charge is 0.537 e. The average Bonchev–Trinajstić information content (AvgIpc) is 2.90. The second kappa shape index (κ2) is 11.7. The van der Waals surface area contributed by atoms with Crippen LogP contribution < -0.4 is 14.6 Å². The van der Waals surface area contributed by atoms with Crippen molar-refractivity contribution >= 4 is 22.1 Å². The maximum Gasteiger partial charge on any atom is 0.269 e. The number of nitrogens with one attached hydrogen (secondary N) is 1. The molecule has 1 aliphatic rings. The fraction of sp³-hybridized carbons (Fsp3) is 0.394. The van der Waals surface area contributed by atoms with E-state index in [4.69, 9.17) is 0 Å². The molecule has 1 fully saturated rings. The number of hydrogen-bond acceptors (Lipinski definition) is 2. The van der Waals surface area contributed by atoms with E-state index in [0.717, 1.165) is 24.0 Å². The lowest BCUT2D eigenvalue weighted by Crippen LogP contribution is -2.30. The minimum absolute atomic E-state index is 0.556. The second-order valence-corrected chi connectivity index (χ2v) is 10.3. The van der Waals surface area contributed by atoms with Gasteiger partial charge < -0.3 is 14.6 Å². The summed E-state index contributed by atoms with van der Waals surface area (Å²) < 4.78 is 3.30. The van der Waals surface area contributed by atoms with E-state index in [2.05, 4.69) is 129 Å². The monoisotopic (exact) mass is 483 g/mol. The predicted octanol–water partition coefficient (Wildman–Crippen LogP) is 9.48. The van der Waals surface area contributed by atoms with Gasteiger partial charge in [-0.1, -0.05) is 49.6 Å². The van der Waals surface area contributed by atoms with E-state index in [1.807, 2.05) is 0 Å². The Balaban J connectivity index is 1.63. The van der Waals surface area contributed by atoms with Gasteiger partial charge in [0.1, 0.15) is 0 Å². The Bertz CT molecular complexity index is 1220. The van der Waals surface area contributed by atoms with Gasteiger partial charge in [-0.05, 0) is 76.8 Å². The number of allylic oxidation sites excluding steroid dienone is 3. The first kappa shape index (κ1) is 25.9. The molecule has 36 heavy (non-hydrogen) atoms. The van der Waals surface area contributed by atoms with Crippen molar-refractivity contribution < 1.29 is 4.37 Å². The lowest BCUT2D eigenvalue weighted by atomic mass is 9.85. The molecule has 2 atom stereocenters. The third kappa shape index (κ3) is 5.46. The van der Waals surface area contributed by atoms with Crippen LogP contribution in [0.15, 0.2) is 84.1 Å². The van der Waals surface area contributed by atoms with Gasteiger partial charge in [0.2, 0.25) is 0 Å². The lowest BCUT2D eigenvalue weighted by molar-refractivity contribution is 0.178. The van der Waals surface area contributed by atoms with Crippen LogP contribution in [0.4, 0.5) is 11.4 Å². The van der Waals surface area contributed by atoms with Gasteiger partial charge in [-0.3, -0.25) is 0 Å². The molecular formula is C33H43N2O+. The highest BCUT2D eigenvalue weighted by atomic mass is 16.7. The van der Waals surface area contributed by atoms with Crippen LogP contribution in [0, 0.1) is 5.92 Å². The summed E-state index contributed by atoms with van der Waals surface area (Å²) in [7, 11) is 2.09. The molecule has 4 rings (SSSR count). The van der Waals surface area contributed by atoms with Gasteiger partial charge in [-0.25, -0.2) is 0 Å². The fourth-order valence-electron chi connectivity index (χ4n) is 5.53. The van der Waals surface area contributed by atoms with Crippen LogP contribution in [-0.2, 0) is 0 Å². The van der Waals surface area contributed by atoms with E-state index >= 15 is 0 Å². The molecule has 0 bridgehead atoms. The Morgan fingerprint density at radius 2 is 1.67 bits per heavy atom. The fourth-order valence-corrected chi connectivity index (χ4v) is 5.53. The zero-order chi connectivity index (χ0) is 25.7. The maximum atomic E-state index is 3.89. The van der Waals surface area contributed by atoms with Crippen LogP contribution >= 0.6 is 0 Å². The SMILES string of the molecule is C/C=C\C(=C(C)C)N(CC)c1ccc([O+](C)c2ccc(NC3CCCCC3C)c3ccccc23)cc1. The first-order valence-corrected chi connectivity index (χ1v) is 13.6. The zero-order valence-electron chi connectivity index (χ0n) is 23.0. The van der Waals surface area contributed by atoms with E-state index in [1.165, 1.54) is 59.1 Å². The Labute approximate surface area is 218 Å². The minimum atomic E-state index is 0.556. The van der Waals surface area contributed by atoms with Crippen LogP contribution in [-0.4, -0.2) is 19.7 Å². The molecule has 0 amide bonds. The van der Waals surface area contributed by atoms with Crippen molar-refractivity contribution in [1.29, 1.82) is 0 Å². The van der Waals surface area contributed by atoms with Gasteiger partial charge in [0, 0.05) is 53.2 Å². The van der Waals surface area contributed by atoms with Gasteiger partial charge in [0.15, 0.2) is 7.11 Å². The van der Waals surface area contributed by atoms with E-state index in [9.17, 15) is 0 Å². The maximum absolute atomic E-state index is 3.89. The Morgan fingerprint density at radius 1 is 0.972 bits per heavy atom. The minimum Gasteiger partial charge on any atom is -0.537 e. The van der Waals surface area contributed by atoms with Crippen molar-refractivity contribution in [1.82, 2.24) is 0 Å². The highest BCUT2D eigenvalue weighted by Crippen LogP contribution is 2.39. The quantitative estimate of drug-likeness (QED) is 0.254. The summed E-state index contributed by atoms with van der Waals surface area (Å²) in [5.74, 6) is 2.97. The van der Waals surface area contributed by atoms with E-state index in [0.29, 0.717) is 6.04 Å². The molecule has 0 radical (unpaired) electrons. The molecule has 0 aromatic heterocycles. The molecule has 0 saturated heterocycles. The van der Waals surface area contributed by atoms with Crippen LogP contribution in [0.2, 0.25) is 0 Å². The third-order valence-corrected chi connectivity index (χ3v) is 7.61. The van der Waals surface area contributed by atoms with Crippen molar-refractivity contribution in [2.75, 3.05) is 23.9 Å². The molecule has 190 valence electrons. The Kier molecular flexibility index (Phi) is 8.40. The van der Waals surface area contributed by atoms with Crippen molar-refractivity contribution in [2.24, 2.45) is 5.92 Å². The third-order valence-electron chi connectivity index (χ3n) is 7.61. The number of nitrogens with zero attached hydrogens (tertiary/aromatic N) is 1. The average molecular weight is 484 g/mol. The number of fused-ring (bicyclic) bond motifs is 1. The van der Waals surface area contributed by atoms with Gasteiger partial charge in [0.25, 0.3) is 11.5 Å². The molecule has 3 aromatic carbocycles. The molecular weight excluding hydrogens is 440 g/mol. The van der Waals surface area contributed by atoms with Gasteiger partial charge in [-0.15, -0.1) is 0 Å². The first-order valence-electron chi connectivity index (χ1n) is 13.6. The van der Waals surface area contributed by atoms with Crippen LogP contribution in [0.1, 0.15) is 60.3 Å². The topological polar surface area (TPSA) is 18.0 Å². The molecule has 3 heteroatoms. The van der Waals surface area contributed by atoms with Gasteiger partial charge in [-0.2, -0.15) is 0 Å². The number of benzene rings is 3. The molecule has 0 heterocycles. The van der Waals surface area contributed by atoms with E-state index in [-0.39, 0.29) is 0 Å². The molecule has 3 nitrogen and oxygen atoms in total. The van der Waals surface area contributed by atoms with Crippen molar-refractivity contribution in [3.05, 3.63) is 84.1 Å². The van der Waals surface area contributed by atoms with Crippen LogP contribution in [0.25, 0.3) is 10.8 Å². The van der Waals surface area contributed by atoms with Gasteiger partial charge in [0.05, 0.1) is 5.39 Å². The van der Waals surface area contributed by atoms with E-state index in [1.54, 1.807) is 0 Å². The molecule has 0 spiro atoms. The Hall–Kier alpha value is -3.20. The van der Waals surface area contributed by atoms with Crippen LogP contribution in [0.5, 0.6) is 11.5 Å². The van der Waals surface area contributed by atoms with Crippen molar-refractivity contribution in [2.45, 2.75) is 66.3 Å². The second-order valence-electron chi connectivity index (χ2n) is 10.3. The van der Waals surface area contributed by atoms with E-state index < -0.39 is 0 Å². The van der Waals surface area contributed by atoms with Crippen molar-refractivity contribution in [3.8, 4) is 11.5 Å². The lowest BCUT2D eigenvalue weighted by Gasteiger charge is -2.31. The smallest absolute Gasteiger partial charge is 0.269 e. The summed E-state index contributed by atoms with van der Waals surface area (Å²) in [6.45, 7) is 11.9. The summed E-state index contributed by atoms with van der Waals surface area (Å²) in [4.78, 5) is 2.37. The van der Waals surface area contributed by atoms with Gasteiger partial charge >= 0.3 is 0 Å². The normalized spacial score (nSPS) is 17.8. The molecule has 3 aromatic rings. The molecule has 2 unspecified atom stereocenters. The van der Waals surface area contributed by atoms with Crippen LogP contribution in [0.3, 0.4) is 0 Å². The number of rotatable bonds is 8. The molecule has 1 saturated carbocycles. The summed E-state index contributed by atoms with van der Waals surface area (Å²) >= 11 is 0. The zero-order valence-corrected chi connectivity index (χ0v) is 23.0. The summed E-state index contributed by atoms with van der Waals surface area (Å²) in [6.07, 6.45) is 9.58.